The lowest BCUT2D eigenvalue weighted by Crippen LogP contribution is -2.60. The maximum absolute atomic E-state index is 13.5. The molecule has 0 saturated carbocycles. The van der Waals surface area contributed by atoms with Gasteiger partial charge in [0.2, 0.25) is 11.8 Å². The first-order chi connectivity index (χ1) is 14.6. The van der Waals surface area contributed by atoms with Gasteiger partial charge in [0.25, 0.3) is 5.91 Å². The molecule has 8 heteroatoms. The van der Waals surface area contributed by atoms with Crippen LogP contribution < -0.4 is 5.32 Å². The molecule has 1 aromatic carbocycles. The van der Waals surface area contributed by atoms with E-state index in [0.717, 1.165) is 6.42 Å². The fourth-order valence-electron chi connectivity index (χ4n) is 4.20. The van der Waals surface area contributed by atoms with E-state index in [9.17, 15) is 18.8 Å². The van der Waals surface area contributed by atoms with Crippen molar-refractivity contribution in [2.45, 2.75) is 58.7 Å². The number of nitrogens with one attached hydrogen (secondary N) is 1. The Morgan fingerprint density at radius 2 is 1.77 bits per heavy atom. The maximum Gasteiger partial charge on any atom is 0.256 e. The molecule has 3 amide bonds. The number of hydrogen-bond acceptors (Lipinski definition) is 4. The second kappa shape index (κ2) is 8.94. The Hall–Kier alpha value is -2.48. The summed E-state index contributed by atoms with van der Waals surface area (Å²) in [4.78, 5) is 42.3. The number of hydrogen-bond donors (Lipinski definition) is 1. The van der Waals surface area contributed by atoms with Crippen LogP contribution in [0.1, 0.15) is 57.3 Å². The number of carbonyl (C=O) groups is 3. The summed E-state index contributed by atoms with van der Waals surface area (Å²) in [6, 6.07) is 4.53. The number of benzene rings is 1. The van der Waals surface area contributed by atoms with Crippen molar-refractivity contribution in [3.05, 3.63) is 35.6 Å². The van der Waals surface area contributed by atoms with Crippen LogP contribution in [0, 0.1) is 11.2 Å². The number of halogens is 1. The molecule has 2 heterocycles. The van der Waals surface area contributed by atoms with Crippen molar-refractivity contribution in [1.82, 2.24) is 15.1 Å². The van der Waals surface area contributed by atoms with E-state index >= 15 is 0 Å². The van der Waals surface area contributed by atoms with E-state index in [4.69, 9.17) is 4.74 Å². The Bertz CT molecular complexity index is 826. The summed E-state index contributed by atoms with van der Waals surface area (Å²) in [5.41, 5.74) is -1.16. The van der Waals surface area contributed by atoms with E-state index in [-0.39, 0.29) is 24.3 Å². The monoisotopic (exact) mass is 433 g/mol. The lowest BCUT2D eigenvalue weighted by atomic mass is 9.91. The number of carbonyl (C=O) groups excluding carboxylic acids is 3. The molecule has 2 aliphatic rings. The zero-order valence-electron chi connectivity index (χ0n) is 18.7. The van der Waals surface area contributed by atoms with Crippen LogP contribution in [-0.2, 0) is 14.3 Å². The van der Waals surface area contributed by atoms with Crippen molar-refractivity contribution in [2.24, 2.45) is 5.41 Å². The van der Waals surface area contributed by atoms with Gasteiger partial charge in [0, 0.05) is 43.5 Å². The lowest BCUT2D eigenvalue weighted by molar-refractivity contribution is -0.150. The van der Waals surface area contributed by atoms with Crippen molar-refractivity contribution in [3.8, 4) is 0 Å². The average molecular weight is 434 g/mol. The predicted octanol–water partition coefficient (Wildman–Crippen LogP) is 2.56. The van der Waals surface area contributed by atoms with Crippen LogP contribution >= 0.6 is 0 Å². The van der Waals surface area contributed by atoms with E-state index in [1.807, 2.05) is 27.7 Å². The van der Waals surface area contributed by atoms with Gasteiger partial charge < -0.3 is 15.0 Å². The van der Waals surface area contributed by atoms with Gasteiger partial charge in [0.05, 0.1) is 6.61 Å². The third kappa shape index (κ3) is 4.74. The molecule has 1 aromatic rings. The molecule has 0 bridgehead atoms. The molecule has 2 aliphatic heterocycles. The van der Waals surface area contributed by atoms with E-state index in [0.29, 0.717) is 38.0 Å². The minimum Gasteiger partial charge on any atom is -0.354 e. The first-order valence-electron chi connectivity index (χ1n) is 10.9. The molecule has 0 radical (unpaired) electrons. The van der Waals surface area contributed by atoms with Crippen LogP contribution in [0.25, 0.3) is 0 Å². The minimum absolute atomic E-state index is 0.0500. The Morgan fingerprint density at radius 1 is 1.16 bits per heavy atom. The van der Waals surface area contributed by atoms with Gasteiger partial charge >= 0.3 is 0 Å². The maximum atomic E-state index is 13.5. The molecule has 1 unspecified atom stereocenters. The molecule has 0 aromatic heterocycles. The summed E-state index contributed by atoms with van der Waals surface area (Å²) >= 11 is 0. The molecular formula is C23H32FN3O4. The molecule has 7 nitrogen and oxygen atoms in total. The van der Waals surface area contributed by atoms with Crippen molar-refractivity contribution in [3.63, 3.8) is 0 Å². The number of nitrogens with zero attached hydrogens (tertiary/aromatic N) is 2. The van der Waals surface area contributed by atoms with Crippen molar-refractivity contribution in [2.75, 3.05) is 26.2 Å². The summed E-state index contributed by atoms with van der Waals surface area (Å²) in [6.07, 6.45) is 1.61. The van der Waals surface area contributed by atoms with E-state index < -0.39 is 23.0 Å². The molecular weight excluding hydrogens is 401 g/mol. The number of piperidine rings is 1. The van der Waals surface area contributed by atoms with Gasteiger partial charge in [-0.2, -0.15) is 0 Å². The Morgan fingerprint density at radius 3 is 2.32 bits per heavy atom. The highest BCUT2D eigenvalue weighted by Crippen LogP contribution is 2.39. The molecule has 31 heavy (non-hydrogen) atoms. The van der Waals surface area contributed by atoms with Crippen LogP contribution in [0.2, 0.25) is 0 Å². The highest BCUT2D eigenvalue weighted by Gasteiger charge is 2.54. The highest BCUT2D eigenvalue weighted by atomic mass is 19.1. The highest BCUT2D eigenvalue weighted by molar-refractivity contribution is 5.98. The third-order valence-corrected chi connectivity index (χ3v) is 5.90. The Balaban J connectivity index is 1.86. The first-order valence-corrected chi connectivity index (χ1v) is 10.9. The van der Waals surface area contributed by atoms with Crippen LogP contribution in [0.5, 0.6) is 0 Å². The van der Waals surface area contributed by atoms with Gasteiger partial charge in [-0.3, -0.25) is 19.3 Å². The summed E-state index contributed by atoms with van der Waals surface area (Å²) in [5, 5.41) is 2.85. The van der Waals surface area contributed by atoms with Gasteiger partial charge in [-0.25, -0.2) is 4.39 Å². The molecule has 1 atom stereocenters. The topological polar surface area (TPSA) is 79.0 Å². The van der Waals surface area contributed by atoms with E-state index in [1.54, 1.807) is 4.90 Å². The number of rotatable bonds is 4. The van der Waals surface area contributed by atoms with Crippen LogP contribution in [0.3, 0.4) is 0 Å². The van der Waals surface area contributed by atoms with Gasteiger partial charge in [0.15, 0.2) is 0 Å². The van der Waals surface area contributed by atoms with Gasteiger partial charge in [-0.1, -0.05) is 27.7 Å². The summed E-state index contributed by atoms with van der Waals surface area (Å²) in [6.45, 7) is 9.07. The standard InChI is InChI=1S/C23H32FN3O4/c1-5-12-25-19(28)18-15-31-23(10-13-26(14-11-23)21(30)22(2,3)4)27(18)20(29)16-6-8-17(24)9-7-16/h6-9,18H,5,10-15H2,1-4H3,(H,25,28). The van der Waals surface area contributed by atoms with E-state index in [1.165, 1.54) is 29.2 Å². The number of ether oxygens (including phenoxy) is 1. The Labute approximate surface area is 182 Å². The lowest BCUT2D eigenvalue weighted by Gasteiger charge is -2.45. The number of amides is 3. The van der Waals surface area contributed by atoms with Crippen LogP contribution in [0.4, 0.5) is 4.39 Å². The van der Waals surface area contributed by atoms with Crippen LogP contribution in [0.15, 0.2) is 24.3 Å². The predicted molar refractivity (Wildman–Crippen MR) is 114 cm³/mol. The van der Waals surface area contributed by atoms with E-state index in [2.05, 4.69) is 5.32 Å². The molecule has 1 N–H and O–H groups in total. The molecule has 170 valence electrons. The zero-order valence-corrected chi connectivity index (χ0v) is 18.7. The first kappa shape index (κ1) is 23.2. The summed E-state index contributed by atoms with van der Waals surface area (Å²) in [7, 11) is 0. The van der Waals surface area contributed by atoms with Crippen molar-refractivity contribution in [1.29, 1.82) is 0 Å². The van der Waals surface area contributed by atoms with Gasteiger partial charge in [-0.15, -0.1) is 0 Å². The molecule has 1 spiro atoms. The molecule has 0 aliphatic carbocycles. The quantitative estimate of drug-likeness (QED) is 0.792. The fraction of sp³-hybridized carbons (Fsp3) is 0.609. The molecule has 2 saturated heterocycles. The SMILES string of the molecule is CCCNC(=O)C1COC2(CCN(C(=O)C(C)(C)C)CC2)N1C(=O)c1ccc(F)cc1. The smallest absolute Gasteiger partial charge is 0.256 e. The summed E-state index contributed by atoms with van der Waals surface area (Å²) < 4.78 is 19.5. The second-order valence-electron chi connectivity index (χ2n) is 9.29. The number of likely N-dealkylation sites (tertiary alicyclic amines) is 1. The normalized spacial score (nSPS) is 20.7. The Kier molecular flexibility index (Phi) is 6.69. The zero-order chi connectivity index (χ0) is 22.8. The largest absolute Gasteiger partial charge is 0.354 e. The molecule has 3 rings (SSSR count). The van der Waals surface area contributed by atoms with Gasteiger partial charge in [0.1, 0.15) is 17.6 Å². The minimum atomic E-state index is -0.964. The third-order valence-electron chi connectivity index (χ3n) is 5.90. The molecule has 2 fully saturated rings. The van der Waals surface area contributed by atoms with Crippen molar-refractivity contribution < 1.29 is 23.5 Å². The van der Waals surface area contributed by atoms with Gasteiger partial charge in [-0.05, 0) is 30.7 Å². The van der Waals surface area contributed by atoms with Crippen LogP contribution in [-0.4, -0.2) is 65.5 Å². The average Bonchev–Trinajstić information content (AvgIpc) is 3.10. The fourth-order valence-corrected chi connectivity index (χ4v) is 4.20. The summed E-state index contributed by atoms with van der Waals surface area (Å²) in [5.74, 6) is -1.02. The second-order valence-corrected chi connectivity index (χ2v) is 9.29. The van der Waals surface area contributed by atoms with Crippen molar-refractivity contribution >= 4 is 17.7 Å².